The van der Waals surface area contributed by atoms with Crippen molar-refractivity contribution in [1.82, 2.24) is 9.88 Å². The Morgan fingerprint density at radius 1 is 1.15 bits per heavy atom. The predicted molar refractivity (Wildman–Crippen MR) is 95.2 cm³/mol. The molecule has 1 aromatic carbocycles. The number of anilines is 2. The van der Waals surface area contributed by atoms with Gasteiger partial charge in [-0.2, -0.15) is 0 Å². The minimum atomic E-state index is -0.454. The largest absolute Gasteiger partial charge is 0.336 e. The van der Waals surface area contributed by atoms with Crippen molar-refractivity contribution < 1.29 is 14.4 Å². The molecular weight excluding hydrogens is 332 g/mol. The number of aromatic nitrogens is 1. The summed E-state index contributed by atoms with van der Waals surface area (Å²) in [6, 6.07) is 12.7. The van der Waals surface area contributed by atoms with Gasteiger partial charge >= 0.3 is 0 Å². The third kappa shape index (κ3) is 3.03. The van der Waals surface area contributed by atoms with Crippen molar-refractivity contribution in [3.63, 3.8) is 0 Å². The Labute approximate surface area is 150 Å². The first-order valence-electron chi connectivity index (χ1n) is 8.50. The summed E-state index contributed by atoms with van der Waals surface area (Å²) >= 11 is 0. The first kappa shape index (κ1) is 16.3. The third-order valence-electron chi connectivity index (χ3n) is 4.68. The summed E-state index contributed by atoms with van der Waals surface area (Å²) in [6.45, 7) is 0.704. The van der Waals surface area contributed by atoms with Gasteiger partial charge in [-0.05, 0) is 24.3 Å². The molecule has 2 aromatic rings. The number of pyridine rings is 1. The standard InChI is InChI=1S/C19H18N4O3/c24-17-12-23(16-7-2-1-6-15(16)21-17)19(26)13-9-18(25)22(10-13)11-14-5-3-4-8-20-14/h1-8,13H,9-12H2,(H,21,24). The average Bonchev–Trinajstić information content (AvgIpc) is 3.02. The zero-order valence-electron chi connectivity index (χ0n) is 14.1. The number of para-hydroxylation sites is 2. The van der Waals surface area contributed by atoms with Crippen LogP contribution in [0.5, 0.6) is 0 Å². The van der Waals surface area contributed by atoms with Gasteiger partial charge in [0.15, 0.2) is 0 Å². The van der Waals surface area contributed by atoms with Crippen molar-refractivity contribution in [1.29, 1.82) is 0 Å². The minimum Gasteiger partial charge on any atom is -0.336 e. The number of fused-ring (bicyclic) bond motifs is 1. The van der Waals surface area contributed by atoms with Crippen molar-refractivity contribution in [3.8, 4) is 0 Å². The zero-order valence-corrected chi connectivity index (χ0v) is 14.1. The number of amides is 3. The van der Waals surface area contributed by atoms with E-state index in [1.807, 2.05) is 24.3 Å². The van der Waals surface area contributed by atoms with Gasteiger partial charge in [-0.3, -0.25) is 19.4 Å². The SMILES string of the molecule is O=C1CN(C(=O)C2CC(=O)N(Cc3ccccn3)C2)c2ccccc2N1. The number of likely N-dealkylation sites (tertiary alicyclic amines) is 1. The molecule has 132 valence electrons. The molecule has 0 spiro atoms. The van der Waals surface area contributed by atoms with Crippen LogP contribution in [0.3, 0.4) is 0 Å². The number of carbonyl (C=O) groups excluding carboxylic acids is 3. The molecule has 2 aliphatic rings. The van der Waals surface area contributed by atoms with Crippen LogP contribution in [0.1, 0.15) is 12.1 Å². The molecule has 1 saturated heterocycles. The summed E-state index contributed by atoms with van der Waals surface area (Å²) in [5.74, 6) is -0.940. The smallest absolute Gasteiger partial charge is 0.244 e. The Balaban J connectivity index is 1.51. The molecule has 1 aromatic heterocycles. The van der Waals surface area contributed by atoms with Crippen LogP contribution in [0.25, 0.3) is 0 Å². The molecule has 1 N–H and O–H groups in total. The van der Waals surface area contributed by atoms with Crippen LogP contribution in [0.15, 0.2) is 48.7 Å². The summed E-state index contributed by atoms with van der Waals surface area (Å²) in [5, 5.41) is 2.77. The maximum absolute atomic E-state index is 13.0. The number of hydrogen-bond donors (Lipinski definition) is 1. The highest BCUT2D eigenvalue weighted by molar-refractivity contribution is 6.11. The summed E-state index contributed by atoms with van der Waals surface area (Å²) in [5.41, 5.74) is 2.08. The monoisotopic (exact) mass is 350 g/mol. The lowest BCUT2D eigenvalue weighted by Crippen LogP contribution is -2.45. The quantitative estimate of drug-likeness (QED) is 0.907. The van der Waals surface area contributed by atoms with Gasteiger partial charge in [0.05, 0.1) is 29.5 Å². The molecule has 0 saturated carbocycles. The Kier molecular flexibility index (Phi) is 4.12. The van der Waals surface area contributed by atoms with Crippen LogP contribution in [0.4, 0.5) is 11.4 Å². The number of benzene rings is 1. The second-order valence-electron chi connectivity index (χ2n) is 6.49. The maximum Gasteiger partial charge on any atom is 0.244 e. The molecule has 7 heteroatoms. The van der Waals surface area contributed by atoms with Crippen molar-refractivity contribution in [2.45, 2.75) is 13.0 Å². The van der Waals surface area contributed by atoms with Crippen LogP contribution in [-0.4, -0.2) is 40.7 Å². The summed E-state index contributed by atoms with van der Waals surface area (Å²) < 4.78 is 0. The fourth-order valence-corrected chi connectivity index (χ4v) is 3.43. The van der Waals surface area contributed by atoms with Crippen LogP contribution in [0.2, 0.25) is 0 Å². The molecule has 1 atom stereocenters. The highest BCUT2D eigenvalue weighted by atomic mass is 16.2. The Bertz CT molecular complexity index is 868. The lowest BCUT2D eigenvalue weighted by Gasteiger charge is -2.30. The van der Waals surface area contributed by atoms with Gasteiger partial charge in [0.2, 0.25) is 17.7 Å². The molecule has 7 nitrogen and oxygen atoms in total. The number of hydrogen-bond acceptors (Lipinski definition) is 4. The van der Waals surface area contributed by atoms with Crippen LogP contribution < -0.4 is 10.2 Å². The van der Waals surface area contributed by atoms with Gasteiger partial charge < -0.3 is 15.1 Å². The van der Waals surface area contributed by atoms with Crippen molar-refractivity contribution in [2.24, 2.45) is 5.92 Å². The maximum atomic E-state index is 13.0. The molecule has 3 heterocycles. The van der Waals surface area contributed by atoms with E-state index in [-0.39, 0.29) is 30.7 Å². The Hall–Kier alpha value is -3.22. The lowest BCUT2D eigenvalue weighted by molar-refractivity contribution is -0.129. The molecule has 1 unspecified atom stereocenters. The fourth-order valence-electron chi connectivity index (χ4n) is 3.43. The third-order valence-corrected chi connectivity index (χ3v) is 4.68. The van der Waals surface area contributed by atoms with Crippen molar-refractivity contribution >= 4 is 29.1 Å². The molecule has 2 aliphatic heterocycles. The van der Waals surface area contributed by atoms with E-state index in [2.05, 4.69) is 10.3 Å². The van der Waals surface area contributed by atoms with Gasteiger partial charge in [-0.1, -0.05) is 18.2 Å². The van der Waals surface area contributed by atoms with E-state index in [1.165, 1.54) is 4.90 Å². The summed E-state index contributed by atoms with van der Waals surface area (Å²) in [6.07, 6.45) is 1.84. The van der Waals surface area contributed by atoms with Gasteiger partial charge in [-0.25, -0.2) is 0 Å². The van der Waals surface area contributed by atoms with Gasteiger partial charge in [0.25, 0.3) is 0 Å². The lowest BCUT2D eigenvalue weighted by atomic mass is 10.1. The van der Waals surface area contributed by atoms with Crippen LogP contribution in [0, 0.1) is 5.92 Å². The van der Waals surface area contributed by atoms with E-state index in [0.717, 1.165) is 5.69 Å². The number of carbonyl (C=O) groups is 3. The molecule has 0 bridgehead atoms. The number of nitrogens with zero attached hydrogens (tertiary/aromatic N) is 3. The molecule has 0 aliphatic carbocycles. The summed E-state index contributed by atoms with van der Waals surface area (Å²) in [7, 11) is 0. The van der Waals surface area contributed by atoms with E-state index in [0.29, 0.717) is 24.5 Å². The van der Waals surface area contributed by atoms with E-state index >= 15 is 0 Å². The molecule has 1 fully saturated rings. The molecule has 26 heavy (non-hydrogen) atoms. The van der Waals surface area contributed by atoms with Gasteiger partial charge in [-0.15, -0.1) is 0 Å². The topological polar surface area (TPSA) is 82.6 Å². The molecule has 0 radical (unpaired) electrons. The predicted octanol–water partition coefficient (Wildman–Crippen LogP) is 1.42. The average molecular weight is 350 g/mol. The second-order valence-corrected chi connectivity index (χ2v) is 6.49. The van der Waals surface area contributed by atoms with Crippen molar-refractivity contribution in [3.05, 3.63) is 54.4 Å². The van der Waals surface area contributed by atoms with E-state index in [9.17, 15) is 14.4 Å². The van der Waals surface area contributed by atoms with Gasteiger partial charge in [0, 0.05) is 19.2 Å². The number of rotatable bonds is 3. The van der Waals surface area contributed by atoms with Crippen molar-refractivity contribution in [2.75, 3.05) is 23.3 Å². The van der Waals surface area contributed by atoms with Gasteiger partial charge in [0.1, 0.15) is 6.54 Å². The Morgan fingerprint density at radius 3 is 2.77 bits per heavy atom. The minimum absolute atomic E-state index is 0.0270. The molecule has 3 amide bonds. The fraction of sp³-hybridized carbons (Fsp3) is 0.263. The highest BCUT2D eigenvalue weighted by Gasteiger charge is 2.39. The van der Waals surface area contributed by atoms with E-state index in [4.69, 9.17) is 0 Å². The van der Waals surface area contributed by atoms with E-state index < -0.39 is 5.92 Å². The summed E-state index contributed by atoms with van der Waals surface area (Å²) in [4.78, 5) is 44.6. The van der Waals surface area contributed by atoms with Crippen LogP contribution >= 0.6 is 0 Å². The van der Waals surface area contributed by atoms with E-state index in [1.54, 1.807) is 29.3 Å². The second kappa shape index (κ2) is 6.59. The molecular formula is C19H18N4O3. The molecule has 4 rings (SSSR count). The number of nitrogens with one attached hydrogen (secondary N) is 1. The normalized spacial score (nSPS) is 19.3. The Morgan fingerprint density at radius 2 is 1.96 bits per heavy atom. The van der Waals surface area contributed by atoms with Crippen LogP contribution in [-0.2, 0) is 20.9 Å². The zero-order chi connectivity index (χ0) is 18.1. The first-order valence-corrected chi connectivity index (χ1v) is 8.50. The first-order chi connectivity index (χ1) is 12.6. The highest BCUT2D eigenvalue weighted by Crippen LogP contribution is 2.32.